The maximum absolute atomic E-state index is 11.4. The average Bonchev–Trinajstić information content (AvgIpc) is 3.04. The van der Waals surface area contributed by atoms with Gasteiger partial charge in [-0.1, -0.05) is 0 Å². The molecule has 2 aliphatic carbocycles. The molecule has 2 saturated carbocycles. The molecule has 0 bridgehead atoms. The first kappa shape index (κ1) is 37.7. The van der Waals surface area contributed by atoms with Gasteiger partial charge in [-0.3, -0.25) is 9.59 Å². The topological polar surface area (TPSA) is 264 Å². The standard InChI is InChI=1S/C31H50O17/c1-12(32)42-10-21-23(36)25(38)27(40)30(47-21)45-19-8-16(35)7-18-17(19)9-20(29(44-18)14-3-5-15(34)6-4-14)46-31-28(41)26(39)24(37)22(48-31)11-43-13(2)33/h14-31,34-41H,3-11H2,1-2H3/p+1. The summed E-state index contributed by atoms with van der Waals surface area (Å²) in [7, 11) is 0. The van der Waals surface area contributed by atoms with Crippen molar-refractivity contribution < 1.29 is 83.6 Å². The maximum atomic E-state index is 11.4. The fourth-order valence-corrected chi connectivity index (χ4v) is 7.68. The highest BCUT2D eigenvalue weighted by molar-refractivity contribution is 5.66. The zero-order valence-corrected chi connectivity index (χ0v) is 27.0. The molecule has 0 aromatic heterocycles. The summed E-state index contributed by atoms with van der Waals surface area (Å²) in [4.78, 5) is 22.8. The van der Waals surface area contributed by atoms with Gasteiger partial charge >= 0.3 is 11.9 Å². The number of fused-ring (bicyclic) bond motifs is 1. The van der Waals surface area contributed by atoms with Crippen LogP contribution in [0.15, 0.2) is 0 Å². The molecule has 3 aliphatic heterocycles. The highest BCUT2D eigenvalue weighted by atomic mass is 16.7. The third kappa shape index (κ3) is 8.65. The molecule has 9 N–H and O–H groups in total. The quantitative estimate of drug-likeness (QED) is 0.0859. The largest absolute Gasteiger partial charge is 0.463 e. The van der Waals surface area contributed by atoms with Gasteiger partial charge in [0.15, 0.2) is 24.8 Å². The number of carbonyl (C=O) groups is 2. The lowest BCUT2D eigenvalue weighted by atomic mass is 9.73. The summed E-state index contributed by atoms with van der Waals surface area (Å²) in [5.74, 6) is -1.71. The Labute approximate surface area is 277 Å². The minimum atomic E-state index is -1.68. The van der Waals surface area contributed by atoms with Crippen molar-refractivity contribution in [2.24, 2.45) is 11.8 Å². The number of aliphatic hydroxyl groups is 10. The minimum Gasteiger partial charge on any atom is -0.463 e. The van der Waals surface area contributed by atoms with E-state index in [4.69, 9.17) is 33.2 Å². The molecule has 3 saturated heterocycles. The summed E-state index contributed by atoms with van der Waals surface area (Å²) in [6, 6.07) is 0. The molecule has 5 aliphatic rings. The van der Waals surface area contributed by atoms with Gasteiger partial charge in [-0.2, -0.15) is 0 Å². The van der Waals surface area contributed by atoms with E-state index in [1.807, 2.05) is 0 Å². The van der Waals surface area contributed by atoms with Crippen molar-refractivity contribution in [1.82, 2.24) is 0 Å². The predicted octanol–water partition coefficient (Wildman–Crippen LogP) is -3.51. The van der Waals surface area contributed by atoms with Crippen LogP contribution in [0.1, 0.15) is 58.8 Å². The number of ether oxygens (including phenoxy) is 7. The number of aliphatic hydroxyl groups excluding tert-OH is 8. The molecule has 3 heterocycles. The van der Waals surface area contributed by atoms with Crippen molar-refractivity contribution in [3.05, 3.63) is 0 Å². The molecule has 16 unspecified atom stereocenters. The first-order chi connectivity index (χ1) is 22.7. The van der Waals surface area contributed by atoms with Crippen LogP contribution < -0.4 is 0 Å². The van der Waals surface area contributed by atoms with Crippen molar-refractivity contribution in [2.45, 2.75) is 157 Å². The number of hydrogen-bond donors (Lipinski definition) is 8. The van der Waals surface area contributed by atoms with E-state index in [0.29, 0.717) is 32.1 Å². The van der Waals surface area contributed by atoms with E-state index in [0.717, 1.165) is 0 Å². The highest BCUT2D eigenvalue weighted by Crippen LogP contribution is 2.43. The molecule has 0 radical (unpaired) electrons. The Morgan fingerprint density at radius 3 is 1.62 bits per heavy atom. The lowest BCUT2D eigenvalue weighted by molar-refractivity contribution is -0.366. The molecule has 48 heavy (non-hydrogen) atoms. The third-order valence-electron chi connectivity index (χ3n) is 10.3. The summed E-state index contributed by atoms with van der Waals surface area (Å²) < 4.78 is 39.2. The Kier molecular flexibility index (Phi) is 12.7. The second kappa shape index (κ2) is 16.2. The zero-order chi connectivity index (χ0) is 34.9. The van der Waals surface area contributed by atoms with E-state index >= 15 is 0 Å². The second-order valence-electron chi connectivity index (χ2n) is 13.8. The summed E-state index contributed by atoms with van der Waals surface area (Å²) in [6.45, 7) is 1.57. The van der Waals surface area contributed by atoms with Crippen LogP contribution in [-0.4, -0.2) is 169 Å². The smallest absolute Gasteiger partial charge is 0.302 e. The van der Waals surface area contributed by atoms with Crippen LogP contribution in [0, 0.1) is 11.8 Å². The van der Waals surface area contributed by atoms with Crippen LogP contribution >= 0.6 is 0 Å². The van der Waals surface area contributed by atoms with E-state index in [9.17, 15) is 50.4 Å². The van der Waals surface area contributed by atoms with Crippen LogP contribution in [0.5, 0.6) is 0 Å². The first-order valence-corrected chi connectivity index (χ1v) is 16.8. The van der Waals surface area contributed by atoms with E-state index in [1.165, 1.54) is 13.8 Å². The molecule has 0 aromatic rings. The Balaban J connectivity index is 1.36. The zero-order valence-electron chi connectivity index (χ0n) is 27.0. The lowest BCUT2D eigenvalue weighted by Gasteiger charge is -2.50. The molecule has 16 atom stereocenters. The summed E-state index contributed by atoms with van der Waals surface area (Å²) in [5, 5.41) is 84.7. The summed E-state index contributed by atoms with van der Waals surface area (Å²) in [6.07, 6.45) is -15.7. The fourth-order valence-electron chi connectivity index (χ4n) is 7.68. The van der Waals surface area contributed by atoms with E-state index < -0.39 is 122 Å². The Morgan fingerprint density at radius 2 is 1.12 bits per heavy atom. The average molecular weight is 696 g/mol. The van der Waals surface area contributed by atoms with Gasteiger partial charge in [0, 0.05) is 32.6 Å². The van der Waals surface area contributed by atoms with Crippen molar-refractivity contribution in [2.75, 3.05) is 13.2 Å². The first-order valence-electron chi connectivity index (χ1n) is 16.8. The monoisotopic (exact) mass is 695 g/mol. The molecule has 17 nitrogen and oxygen atoms in total. The predicted molar refractivity (Wildman–Crippen MR) is 157 cm³/mol. The molecule has 5 fully saturated rings. The number of rotatable bonds is 9. The lowest BCUT2D eigenvalue weighted by Crippen LogP contribution is -2.64. The van der Waals surface area contributed by atoms with Gasteiger partial charge in [0.05, 0.1) is 24.2 Å². The third-order valence-corrected chi connectivity index (χ3v) is 10.3. The van der Waals surface area contributed by atoms with Crippen molar-refractivity contribution in [1.29, 1.82) is 0 Å². The van der Waals surface area contributed by atoms with Gasteiger partial charge in [0.1, 0.15) is 68.1 Å². The summed E-state index contributed by atoms with van der Waals surface area (Å²) >= 11 is 0. The molecule has 0 spiro atoms. The van der Waals surface area contributed by atoms with E-state index in [-0.39, 0.29) is 25.4 Å². The van der Waals surface area contributed by atoms with Crippen molar-refractivity contribution >= 4 is 11.9 Å². The van der Waals surface area contributed by atoms with Crippen LogP contribution in [-0.2, 0) is 38.0 Å². The van der Waals surface area contributed by atoms with Gasteiger partial charge in [0.2, 0.25) is 0 Å². The fraction of sp³-hybridized carbons (Fsp3) is 0.935. The Bertz CT molecular complexity index is 1070. The van der Waals surface area contributed by atoms with Crippen LogP contribution in [0.2, 0.25) is 0 Å². The highest BCUT2D eigenvalue weighted by Gasteiger charge is 2.56. The SMILES string of the molecule is CC(=O)OCC1OC(OC2CC(O)CC3[OH+]C(C4CCC(O)CC4)C(OC4OC(COC(C)=O)C(O)C(O)C4O)CC23)C(O)C(O)C1O. The Hall–Kier alpha value is -1.58. The molecular formula is C31H51O17+. The number of hydrogen-bond acceptors (Lipinski definition) is 16. The van der Waals surface area contributed by atoms with Crippen LogP contribution in [0.25, 0.3) is 0 Å². The van der Waals surface area contributed by atoms with Gasteiger partial charge in [-0.25, -0.2) is 0 Å². The normalized spacial score (nSPS) is 48.3. The van der Waals surface area contributed by atoms with Crippen molar-refractivity contribution in [3.63, 3.8) is 0 Å². The van der Waals surface area contributed by atoms with Gasteiger partial charge < -0.3 is 74.0 Å². The van der Waals surface area contributed by atoms with Crippen LogP contribution in [0.3, 0.4) is 0 Å². The van der Waals surface area contributed by atoms with Gasteiger partial charge in [0.25, 0.3) is 0 Å². The second-order valence-corrected chi connectivity index (χ2v) is 13.8. The minimum absolute atomic E-state index is 0.0203. The maximum Gasteiger partial charge on any atom is 0.302 e. The molecule has 5 rings (SSSR count). The number of esters is 2. The van der Waals surface area contributed by atoms with Crippen molar-refractivity contribution in [3.8, 4) is 0 Å². The van der Waals surface area contributed by atoms with Crippen LogP contribution in [0.4, 0.5) is 0 Å². The summed E-state index contributed by atoms with van der Waals surface area (Å²) in [5.41, 5.74) is 0. The molecule has 0 amide bonds. The molecule has 0 aromatic carbocycles. The molecule has 276 valence electrons. The Morgan fingerprint density at radius 1 is 0.625 bits per heavy atom. The molecule has 17 heteroatoms. The molecular weight excluding hydrogens is 644 g/mol. The number of carbonyl (C=O) groups excluding carboxylic acids is 2. The van der Waals surface area contributed by atoms with E-state index in [2.05, 4.69) is 0 Å². The van der Waals surface area contributed by atoms with E-state index in [1.54, 1.807) is 0 Å². The van der Waals surface area contributed by atoms with Gasteiger partial charge in [-0.05, 0) is 32.1 Å². The van der Waals surface area contributed by atoms with Gasteiger partial charge in [-0.15, -0.1) is 0 Å².